The van der Waals surface area contributed by atoms with E-state index >= 15 is 0 Å². The molecule has 3 rings (SSSR count). The summed E-state index contributed by atoms with van der Waals surface area (Å²) in [6.45, 7) is 3.01. The number of hydrogen-bond acceptors (Lipinski definition) is 4. The first-order valence-electron chi connectivity index (χ1n) is 8.68. The summed E-state index contributed by atoms with van der Waals surface area (Å²) >= 11 is 0. The van der Waals surface area contributed by atoms with Gasteiger partial charge in [-0.1, -0.05) is 6.07 Å². The zero-order valence-electron chi connectivity index (χ0n) is 15.4. The Labute approximate surface area is 164 Å². The Morgan fingerprint density at radius 1 is 1.15 bits per heavy atom. The van der Waals surface area contributed by atoms with Gasteiger partial charge in [-0.05, 0) is 62.1 Å². The average molecular weight is 395 g/mol. The Hall–Kier alpha value is -2.31. The number of rotatable bonds is 8. The van der Waals surface area contributed by atoms with Gasteiger partial charge in [0.1, 0.15) is 0 Å². The molecular formula is C20H24ClFN2O3. The summed E-state index contributed by atoms with van der Waals surface area (Å²) in [7, 11) is 1.54. The van der Waals surface area contributed by atoms with Gasteiger partial charge in [-0.15, -0.1) is 12.4 Å². The highest BCUT2D eigenvalue weighted by molar-refractivity contribution is 5.92. The van der Waals surface area contributed by atoms with Crippen LogP contribution in [0.3, 0.4) is 0 Å². The molecule has 0 unspecified atom stereocenters. The van der Waals surface area contributed by atoms with E-state index in [1.165, 1.54) is 32.1 Å². The number of benzene rings is 2. The minimum atomic E-state index is -0.559. The van der Waals surface area contributed by atoms with Crippen molar-refractivity contribution in [2.75, 3.05) is 25.5 Å². The van der Waals surface area contributed by atoms with Crippen LogP contribution < -0.4 is 20.1 Å². The molecule has 2 aromatic carbocycles. The third-order valence-electron chi connectivity index (χ3n) is 4.17. The molecule has 2 N–H and O–H groups in total. The first-order valence-corrected chi connectivity index (χ1v) is 8.68. The van der Waals surface area contributed by atoms with E-state index in [1.807, 2.05) is 19.1 Å². The third kappa shape index (κ3) is 6.12. The van der Waals surface area contributed by atoms with Crippen molar-refractivity contribution in [3.63, 3.8) is 0 Å². The van der Waals surface area contributed by atoms with E-state index in [-0.39, 0.29) is 30.6 Å². The number of carbonyl (C=O) groups is 1. The van der Waals surface area contributed by atoms with Crippen molar-refractivity contribution < 1.29 is 18.7 Å². The Bertz CT molecular complexity index is 797. The van der Waals surface area contributed by atoms with Crippen molar-refractivity contribution in [1.29, 1.82) is 0 Å². The first kappa shape index (κ1) is 21.0. The summed E-state index contributed by atoms with van der Waals surface area (Å²) < 4.78 is 25.2. The van der Waals surface area contributed by atoms with Crippen LogP contribution in [0, 0.1) is 18.7 Å². The summed E-state index contributed by atoms with van der Waals surface area (Å²) in [5.41, 5.74) is 1.41. The number of nitrogens with one attached hydrogen (secondary N) is 2. The van der Waals surface area contributed by atoms with Gasteiger partial charge in [-0.2, -0.15) is 0 Å². The number of aryl methyl sites for hydroxylation is 1. The van der Waals surface area contributed by atoms with Crippen LogP contribution in [-0.2, 0) is 4.79 Å². The number of methoxy groups -OCH3 is 1. The molecule has 1 aliphatic carbocycles. The molecule has 0 radical (unpaired) electrons. The van der Waals surface area contributed by atoms with Gasteiger partial charge in [0.25, 0.3) is 0 Å². The fourth-order valence-electron chi connectivity index (χ4n) is 2.56. The van der Waals surface area contributed by atoms with Gasteiger partial charge in [-0.3, -0.25) is 4.79 Å². The molecule has 1 aliphatic rings. The molecule has 1 amide bonds. The molecule has 5 nitrogen and oxygen atoms in total. The van der Waals surface area contributed by atoms with Gasteiger partial charge >= 0.3 is 0 Å². The molecule has 0 heterocycles. The maximum absolute atomic E-state index is 14.3. The molecule has 2 aromatic rings. The maximum Gasteiger partial charge on any atom is 0.238 e. The SMILES string of the molecule is COc1cc(C)ccc1Oc1ccc(NC(=O)CNCC2CC2)cc1F.Cl. The molecule has 0 bridgehead atoms. The minimum Gasteiger partial charge on any atom is -0.493 e. The van der Waals surface area contributed by atoms with E-state index in [2.05, 4.69) is 10.6 Å². The summed E-state index contributed by atoms with van der Waals surface area (Å²) in [6, 6.07) is 9.75. The summed E-state index contributed by atoms with van der Waals surface area (Å²) in [6.07, 6.45) is 2.46. The molecule has 0 saturated heterocycles. The highest BCUT2D eigenvalue weighted by atomic mass is 35.5. The Kier molecular flexibility index (Phi) is 7.45. The van der Waals surface area contributed by atoms with Crippen LogP contribution in [0.5, 0.6) is 17.2 Å². The van der Waals surface area contributed by atoms with E-state index in [9.17, 15) is 9.18 Å². The van der Waals surface area contributed by atoms with E-state index in [4.69, 9.17) is 9.47 Å². The third-order valence-corrected chi connectivity index (χ3v) is 4.17. The molecule has 0 aromatic heterocycles. The lowest BCUT2D eigenvalue weighted by atomic mass is 10.2. The van der Waals surface area contributed by atoms with Gasteiger partial charge in [0.15, 0.2) is 23.1 Å². The van der Waals surface area contributed by atoms with Crippen LogP contribution in [-0.4, -0.2) is 26.1 Å². The lowest BCUT2D eigenvalue weighted by Gasteiger charge is -2.12. The van der Waals surface area contributed by atoms with Crippen molar-refractivity contribution in [2.24, 2.45) is 5.92 Å². The van der Waals surface area contributed by atoms with Crippen LogP contribution in [0.1, 0.15) is 18.4 Å². The monoisotopic (exact) mass is 394 g/mol. The van der Waals surface area contributed by atoms with Crippen LogP contribution in [0.15, 0.2) is 36.4 Å². The van der Waals surface area contributed by atoms with E-state index in [1.54, 1.807) is 12.1 Å². The van der Waals surface area contributed by atoms with Gasteiger partial charge in [0.2, 0.25) is 5.91 Å². The molecule has 0 spiro atoms. The molecule has 0 aliphatic heterocycles. The van der Waals surface area contributed by atoms with Gasteiger partial charge < -0.3 is 20.1 Å². The highest BCUT2D eigenvalue weighted by Crippen LogP contribution is 2.34. The number of ether oxygens (including phenoxy) is 2. The fraction of sp³-hybridized carbons (Fsp3) is 0.350. The quantitative estimate of drug-likeness (QED) is 0.701. The lowest BCUT2D eigenvalue weighted by molar-refractivity contribution is -0.115. The predicted octanol–water partition coefficient (Wildman–Crippen LogP) is 4.29. The summed E-state index contributed by atoms with van der Waals surface area (Å²) in [4.78, 5) is 11.9. The average Bonchev–Trinajstić information content (AvgIpc) is 3.43. The van der Waals surface area contributed by atoms with Crippen LogP contribution in [0.25, 0.3) is 0 Å². The zero-order chi connectivity index (χ0) is 18.5. The molecule has 0 atom stereocenters. The number of amides is 1. The fourth-order valence-corrected chi connectivity index (χ4v) is 2.56. The summed E-state index contributed by atoms with van der Waals surface area (Å²) in [5, 5.41) is 5.78. The molecule has 1 saturated carbocycles. The van der Waals surface area contributed by atoms with Crippen molar-refractivity contribution in [1.82, 2.24) is 5.32 Å². The van der Waals surface area contributed by atoms with Gasteiger partial charge in [0.05, 0.1) is 13.7 Å². The van der Waals surface area contributed by atoms with E-state index < -0.39 is 5.82 Å². The normalized spacial score (nSPS) is 12.9. The topological polar surface area (TPSA) is 59.6 Å². The number of halogens is 2. The zero-order valence-corrected chi connectivity index (χ0v) is 16.2. The van der Waals surface area contributed by atoms with Crippen LogP contribution >= 0.6 is 12.4 Å². The lowest BCUT2D eigenvalue weighted by Crippen LogP contribution is -2.29. The van der Waals surface area contributed by atoms with Crippen LogP contribution in [0.4, 0.5) is 10.1 Å². The Balaban J connectivity index is 0.00000261. The van der Waals surface area contributed by atoms with Crippen molar-refractivity contribution in [3.05, 3.63) is 47.8 Å². The van der Waals surface area contributed by atoms with Gasteiger partial charge in [-0.25, -0.2) is 4.39 Å². The first-order chi connectivity index (χ1) is 12.5. The van der Waals surface area contributed by atoms with Crippen molar-refractivity contribution in [3.8, 4) is 17.2 Å². The number of hydrogen-bond donors (Lipinski definition) is 2. The van der Waals surface area contributed by atoms with Gasteiger partial charge in [0, 0.05) is 11.8 Å². The maximum atomic E-state index is 14.3. The summed E-state index contributed by atoms with van der Waals surface area (Å²) in [5.74, 6) is 0.976. The number of carbonyl (C=O) groups excluding carboxylic acids is 1. The molecular weight excluding hydrogens is 371 g/mol. The molecule has 1 fully saturated rings. The van der Waals surface area contributed by atoms with Crippen LogP contribution in [0.2, 0.25) is 0 Å². The second-order valence-corrected chi connectivity index (χ2v) is 6.52. The highest BCUT2D eigenvalue weighted by Gasteiger charge is 2.20. The molecule has 27 heavy (non-hydrogen) atoms. The second-order valence-electron chi connectivity index (χ2n) is 6.52. The van der Waals surface area contributed by atoms with E-state index in [0.717, 1.165) is 12.1 Å². The smallest absolute Gasteiger partial charge is 0.238 e. The second kappa shape index (κ2) is 9.58. The van der Waals surface area contributed by atoms with Crippen molar-refractivity contribution >= 4 is 24.0 Å². The van der Waals surface area contributed by atoms with Crippen molar-refractivity contribution in [2.45, 2.75) is 19.8 Å². The largest absolute Gasteiger partial charge is 0.493 e. The molecule has 7 heteroatoms. The molecule has 146 valence electrons. The Morgan fingerprint density at radius 3 is 2.56 bits per heavy atom. The Morgan fingerprint density at radius 2 is 1.89 bits per heavy atom. The number of anilines is 1. The standard InChI is InChI=1S/C20H23FN2O3.ClH/c1-13-3-7-18(19(9-13)25-2)26-17-8-6-15(10-16(17)21)23-20(24)12-22-11-14-4-5-14;/h3,6-10,14,22H,4-5,11-12H2,1-2H3,(H,23,24);1H. The van der Waals surface area contributed by atoms with E-state index in [0.29, 0.717) is 23.1 Å². The predicted molar refractivity (Wildman–Crippen MR) is 106 cm³/mol. The minimum absolute atomic E-state index is 0.